The normalized spacial score (nSPS) is 24.2. The molecule has 6 nitrogen and oxygen atoms in total. The number of nitrogens with zero attached hydrogens (tertiary/aromatic N) is 4. The third kappa shape index (κ3) is 4.21. The molecule has 29 heavy (non-hydrogen) atoms. The van der Waals surface area contributed by atoms with Crippen molar-refractivity contribution in [3.63, 3.8) is 0 Å². The zero-order valence-electron chi connectivity index (χ0n) is 17.1. The minimum atomic E-state index is -0.250. The third-order valence-corrected chi connectivity index (χ3v) is 6.34. The zero-order valence-corrected chi connectivity index (χ0v) is 17.1. The number of amides is 1. The lowest BCUT2D eigenvalue weighted by molar-refractivity contribution is -0.133. The average molecular weight is 400 g/mol. The van der Waals surface area contributed by atoms with Crippen LogP contribution in [0, 0.1) is 17.7 Å². The van der Waals surface area contributed by atoms with Crippen LogP contribution in [0.25, 0.3) is 0 Å². The maximum absolute atomic E-state index is 13.9. The maximum Gasteiger partial charge on any atom is 0.225 e. The Morgan fingerprint density at radius 1 is 1.31 bits per heavy atom. The number of carbonyl (C=O) groups is 1. The standard InChI is InChI=1S/C22H29FN4O2/c1-25-10-8-24-20(25)6-9-26-13-17-14-27(21(28)7-11-29-2)22(19(17)15-26)16-4-3-5-18(23)12-16/h3-5,8,10,12,17,19,22H,6-7,9,11,13-15H2,1-2H3/t17-,19-,22-/m0/s1. The highest BCUT2D eigenvalue weighted by Gasteiger charge is 2.48. The van der Waals surface area contributed by atoms with E-state index in [-0.39, 0.29) is 17.8 Å². The van der Waals surface area contributed by atoms with Crippen LogP contribution in [0.15, 0.2) is 36.7 Å². The number of fused-ring (bicyclic) bond motifs is 1. The molecular weight excluding hydrogens is 371 g/mol. The summed E-state index contributed by atoms with van der Waals surface area (Å²) in [5.74, 6) is 1.66. The molecule has 3 heterocycles. The molecule has 0 spiro atoms. The van der Waals surface area contributed by atoms with Crippen molar-refractivity contribution in [2.24, 2.45) is 18.9 Å². The van der Waals surface area contributed by atoms with Crippen LogP contribution < -0.4 is 0 Å². The molecule has 0 N–H and O–H groups in total. The minimum Gasteiger partial charge on any atom is -0.384 e. The van der Waals surface area contributed by atoms with Gasteiger partial charge in [0.1, 0.15) is 11.6 Å². The first-order chi connectivity index (χ1) is 14.1. The summed E-state index contributed by atoms with van der Waals surface area (Å²) >= 11 is 0. The van der Waals surface area contributed by atoms with Gasteiger partial charge in [-0.15, -0.1) is 0 Å². The first-order valence-electron chi connectivity index (χ1n) is 10.3. The van der Waals surface area contributed by atoms with E-state index in [1.807, 2.05) is 30.4 Å². The second-order valence-electron chi connectivity index (χ2n) is 8.18. The Hall–Kier alpha value is -2.25. The van der Waals surface area contributed by atoms with Gasteiger partial charge in [0.05, 0.1) is 19.1 Å². The number of rotatable bonds is 7. The zero-order chi connectivity index (χ0) is 20.4. The van der Waals surface area contributed by atoms with Gasteiger partial charge in [0.25, 0.3) is 0 Å². The molecule has 1 aromatic carbocycles. The lowest BCUT2D eigenvalue weighted by Crippen LogP contribution is -2.36. The molecule has 2 fully saturated rings. The lowest BCUT2D eigenvalue weighted by Gasteiger charge is -2.30. The van der Waals surface area contributed by atoms with Crippen LogP contribution in [0.1, 0.15) is 23.9 Å². The van der Waals surface area contributed by atoms with Gasteiger partial charge in [-0.3, -0.25) is 4.79 Å². The number of likely N-dealkylation sites (tertiary alicyclic amines) is 2. The summed E-state index contributed by atoms with van der Waals surface area (Å²) in [5, 5.41) is 0. The number of benzene rings is 1. The van der Waals surface area contributed by atoms with E-state index in [1.54, 1.807) is 19.2 Å². The fourth-order valence-corrected chi connectivity index (χ4v) is 4.92. The summed E-state index contributed by atoms with van der Waals surface area (Å²) in [6.45, 7) is 3.98. The first kappa shape index (κ1) is 20.0. The topological polar surface area (TPSA) is 50.6 Å². The Labute approximate surface area is 171 Å². The number of halogens is 1. The number of methoxy groups -OCH3 is 1. The van der Waals surface area contributed by atoms with Crippen LogP contribution in [-0.4, -0.2) is 65.2 Å². The van der Waals surface area contributed by atoms with Gasteiger partial charge >= 0.3 is 0 Å². The highest BCUT2D eigenvalue weighted by molar-refractivity contribution is 5.77. The van der Waals surface area contributed by atoms with E-state index < -0.39 is 0 Å². The summed E-state index contributed by atoms with van der Waals surface area (Å²) in [5.41, 5.74) is 0.897. The Bertz CT molecular complexity index is 855. The van der Waals surface area contributed by atoms with Gasteiger partial charge in [-0.1, -0.05) is 12.1 Å². The predicted octanol–water partition coefficient (Wildman–Crippen LogP) is 2.27. The number of hydrogen-bond donors (Lipinski definition) is 0. The van der Waals surface area contributed by atoms with E-state index >= 15 is 0 Å². The molecule has 156 valence electrons. The smallest absolute Gasteiger partial charge is 0.225 e. The summed E-state index contributed by atoms with van der Waals surface area (Å²) in [6, 6.07) is 6.66. The molecule has 2 aromatic rings. The van der Waals surface area contributed by atoms with Crippen molar-refractivity contribution in [1.29, 1.82) is 0 Å². The Kier molecular flexibility index (Phi) is 5.96. The van der Waals surface area contributed by atoms with E-state index in [4.69, 9.17) is 4.74 Å². The first-order valence-corrected chi connectivity index (χ1v) is 10.3. The van der Waals surface area contributed by atoms with Gasteiger partial charge in [-0.25, -0.2) is 9.37 Å². The number of ether oxygens (including phenoxy) is 1. The summed E-state index contributed by atoms with van der Waals surface area (Å²) in [7, 11) is 3.63. The molecule has 0 bridgehead atoms. The number of hydrogen-bond acceptors (Lipinski definition) is 4. The molecule has 2 aliphatic rings. The highest BCUT2D eigenvalue weighted by atomic mass is 19.1. The van der Waals surface area contributed by atoms with Crippen LogP contribution in [0.3, 0.4) is 0 Å². The summed E-state index contributed by atoms with van der Waals surface area (Å²) in [6.07, 6.45) is 5.07. The van der Waals surface area contributed by atoms with Crippen molar-refractivity contribution in [1.82, 2.24) is 19.4 Å². The van der Waals surface area contributed by atoms with E-state index in [9.17, 15) is 9.18 Å². The van der Waals surface area contributed by atoms with Crippen LogP contribution in [0.4, 0.5) is 4.39 Å². The second-order valence-corrected chi connectivity index (χ2v) is 8.18. The SMILES string of the molecule is COCCC(=O)N1C[C@@H]2CN(CCc3nccn3C)C[C@@H]2[C@@H]1c1cccc(F)c1. The molecular formula is C22H29FN4O2. The summed E-state index contributed by atoms with van der Waals surface area (Å²) < 4.78 is 21.1. The van der Waals surface area contributed by atoms with Crippen LogP contribution in [-0.2, 0) is 23.0 Å². The van der Waals surface area contributed by atoms with Gasteiger partial charge < -0.3 is 19.1 Å². The molecule has 1 aromatic heterocycles. The number of carbonyl (C=O) groups excluding carboxylic acids is 1. The van der Waals surface area contributed by atoms with Crippen LogP contribution >= 0.6 is 0 Å². The monoisotopic (exact) mass is 400 g/mol. The highest BCUT2D eigenvalue weighted by Crippen LogP contribution is 2.45. The van der Waals surface area contributed by atoms with Crippen LogP contribution in [0.5, 0.6) is 0 Å². The van der Waals surface area contributed by atoms with Crippen molar-refractivity contribution < 1.29 is 13.9 Å². The van der Waals surface area contributed by atoms with Gasteiger partial charge in [-0.05, 0) is 23.6 Å². The Balaban J connectivity index is 1.49. The molecule has 0 radical (unpaired) electrons. The molecule has 3 atom stereocenters. The maximum atomic E-state index is 13.9. The molecule has 0 unspecified atom stereocenters. The van der Waals surface area contributed by atoms with Crippen molar-refractivity contribution in [2.75, 3.05) is 39.9 Å². The molecule has 0 aliphatic carbocycles. The summed E-state index contributed by atoms with van der Waals surface area (Å²) in [4.78, 5) is 21.7. The van der Waals surface area contributed by atoms with Crippen molar-refractivity contribution >= 4 is 5.91 Å². The van der Waals surface area contributed by atoms with E-state index in [2.05, 4.69) is 14.5 Å². The Morgan fingerprint density at radius 3 is 2.90 bits per heavy atom. The number of aromatic nitrogens is 2. The van der Waals surface area contributed by atoms with Crippen molar-refractivity contribution in [3.8, 4) is 0 Å². The number of aryl methyl sites for hydroxylation is 1. The predicted molar refractivity (Wildman–Crippen MR) is 108 cm³/mol. The Morgan fingerprint density at radius 2 is 2.17 bits per heavy atom. The fourth-order valence-electron chi connectivity index (χ4n) is 4.92. The second kappa shape index (κ2) is 8.63. The van der Waals surface area contributed by atoms with E-state index in [1.165, 1.54) is 6.07 Å². The van der Waals surface area contributed by atoms with Crippen LogP contribution in [0.2, 0.25) is 0 Å². The molecule has 0 saturated carbocycles. The van der Waals surface area contributed by atoms with Gasteiger partial charge in [0.2, 0.25) is 5.91 Å². The minimum absolute atomic E-state index is 0.0711. The largest absolute Gasteiger partial charge is 0.384 e. The molecule has 2 saturated heterocycles. The van der Waals surface area contributed by atoms with Crippen molar-refractivity contribution in [3.05, 3.63) is 53.9 Å². The quantitative estimate of drug-likeness (QED) is 0.716. The van der Waals surface area contributed by atoms with Gasteiger partial charge in [-0.2, -0.15) is 0 Å². The van der Waals surface area contributed by atoms with Crippen molar-refractivity contribution in [2.45, 2.75) is 18.9 Å². The molecule has 2 aliphatic heterocycles. The third-order valence-electron chi connectivity index (χ3n) is 6.34. The van der Waals surface area contributed by atoms with E-state index in [0.717, 1.165) is 44.0 Å². The molecule has 4 rings (SSSR count). The molecule has 7 heteroatoms. The van der Waals surface area contributed by atoms with Gasteiger partial charge in [0.15, 0.2) is 0 Å². The van der Waals surface area contributed by atoms with E-state index in [0.29, 0.717) is 24.9 Å². The average Bonchev–Trinajstić information content (AvgIpc) is 3.38. The molecule has 1 amide bonds. The fraction of sp³-hybridized carbons (Fsp3) is 0.545. The lowest BCUT2D eigenvalue weighted by atomic mass is 9.89. The number of imidazole rings is 1. The van der Waals surface area contributed by atoms with Gasteiger partial charge in [0, 0.05) is 65.1 Å².